The molecule has 8 nitrogen and oxygen atoms in total. The second-order valence-electron chi connectivity index (χ2n) is 5.99. The predicted octanol–water partition coefficient (Wildman–Crippen LogP) is 4.44. The zero-order chi connectivity index (χ0) is 21.9. The molecule has 3 aromatic rings. The van der Waals surface area contributed by atoms with Crippen molar-refractivity contribution in [3.05, 3.63) is 93.2 Å². The number of nitrogens with zero attached hydrogens (tertiary/aromatic N) is 1. The normalized spacial score (nSPS) is 11.0. The number of carbonyl (C=O) groups is 1. The zero-order valence-corrected chi connectivity index (χ0v) is 16.6. The molecule has 1 amide bonds. The Morgan fingerprint density at radius 2 is 1.70 bits per heavy atom. The summed E-state index contributed by atoms with van der Waals surface area (Å²) in [5.74, 6) is -1.32. The van der Waals surface area contributed by atoms with E-state index in [9.17, 15) is 27.7 Å². The van der Waals surface area contributed by atoms with E-state index in [0.29, 0.717) is 0 Å². The highest BCUT2D eigenvalue weighted by molar-refractivity contribution is 7.92. The van der Waals surface area contributed by atoms with E-state index < -0.39 is 26.7 Å². The van der Waals surface area contributed by atoms with Crippen molar-refractivity contribution in [3.8, 4) is 0 Å². The van der Waals surface area contributed by atoms with Gasteiger partial charge in [-0.05, 0) is 36.4 Å². The molecule has 3 rings (SSSR count). The first-order chi connectivity index (χ1) is 14.2. The van der Waals surface area contributed by atoms with Crippen LogP contribution >= 0.6 is 11.6 Å². The lowest BCUT2D eigenvalue weighted by Gasteiger charge is -2.13. The summed E-state index contributed by atoms with van der Waals surface area (Å²) in [5, 5.41) is 13.2. The van der Waals surface area contributed by atoms with Crippen molar-refractivity contribution in [2.75, 3.05) is 10.0 Å². The Kier molecular flexibility index (Phi) is 5.99. The summed E-state index contributed by atoms with van der Waals surface area (Å²) < 4.78 is 40.9. The molecule has 0 atom stereocenters. The molecular weight excluding hydrogens is 437 g/mol. The topological polar surface area (TPSA) is 118 Å². The van der Waals surface area contributed by atoms with E-state index in [4.69, 9.17) is 11.6 Å². The molecule has 154 valence electrons. The first-order valence-corrected chi connectivity index (χ1v) is 10.2. The SMILES string of the molecule is O=C(Nc1ccccc1NS(=O)(=O)c1cccc([N+](=O)[O-])c1)c1ccc(F)c(Cl)c1. The van der Waals surface area contributed by atoms with Gasteiger partial charge in [0.15, 0.2) is 0 Å². The van der Waals surface area contributed by atoms with Crippen LogP contribution < -0.4 is 10.0 Å². The molecular formula is C19H13ClFN3O5S. The fourth-order valence-electron chi connectivity index (χ4n) is 2.48. The van der Waals surface area contributed by atoms with Crippen molar-refractivity contribution < 1.29 is 22.5 Å². The maximum Gasteiger partial charge on any atom is 0.270 e. The highest BCUT2D eigenvalue weighted by Gasteiger charge is 2.20. The lowest BCUT2D eigenvalue weighted by Crippen LogP contribution is -2.17. The van der Waals surface area contributed by atoms with Crippen LogP contribution in [-0.2, 0) is 10.0 Å². The lowest BCUT2D eigenvalue weighted by atomic mass is 10.2. The molecule has 0 bridgehead atoms. The molecule has 0 aliphatic carbocycles. The summed E-state index contributed by atoms with van der Waals surface area (Å²) in [7, 11) is -4.18. The van der Waals surface area contributed by atoms with Gasteiger partial charge >= 0.3 is 0 Å². The van der Waals surface area contributed by atoms with Gasteiger partial charge in [-0.1, -0.05) is 29.8 Å². The Morgan fingerprint density at radius 3 is 2.37 bits per heavy atom. The van der Waals surface area contributed by atoms with E-state index in [0.717, 1.165) is 18.2 Å². The summed E-state index contributed by atoms with van der Waals surface area (Å²) >= 11 is 5.69. The Bertz CT molecular complexity index is 1250. The van der Waals surface area contributed by atoms with Crippen molar-refractivity contribution in [1.29, 1.82) is 0 Å². The third-order valence-corrected chi connectivity index (χ3v) is 5.59. The van der Waals surface area contributed by atoms with E-state index in [-0.39, 0.29) is 32.5 Å². The standard InChI is InChI=1S/C19H13ClFN3O5S/c20-15-10-12(8-9-16(15)21)19(25)22-17-6-1-2-7-18(17)23-30(28,29)14-5-3-4-13(11-14)24(26)27/h1-11,23H,(H,22,25). The molecule has 30 heavy (non-hydrogen) atoms. The van der Waals surface area contributed by atoms with Crippen LogP contribution in [-0.4, -0.2) is 19.2 Å². The molecule has 0 radical (unpaired) electrons. The minimum absolute atomic E-state index is 0.0329. The van der Waals surface area contributed by atoms with Gasteiger partial charge in [0, 0.05) is 17.7 Å². The third-order valence-electron chi connectivity index (χ3n) is 3.94. The van der Waals surface area contributed by atoms with Crippen LogP contribution in [0, 0.1) is 15.9 Å². The van der Waals surface area contributed by atoms with Crippen molar-refractivity contribution in [2.24, 2.45) is 0 Å². The van der Waals surface area contributed by atoms with Gasteiger partial charge in [-0.2, -0.15) is 0 Å². The van der Waals surface area contributed by atoms with Crippen LogP contribution in [0.15, 0.2) is 71.6 Å². The van der Waals surface area contributed by atoms with Crippen LogP contribution in [0.3, 0.4) is 0 Å². The van der Waals surface area contributed by atoms with Crippen molar-refractivity contribution in [1.82, 2.24) is 0 Å². The number of hydrogen-bond donors (Lipinski definition) is 2. The number of benzene rings is 3. The summed E-state index contributed by atoms with van der Waals surface area (Å²) in [6.45, 7) is 0. The maximum absolute atomic E-state index is 13.3. The average Bonchev–Trinajstić information content (AvgIpc) is 2.71. The summed E-state index contributed by atoms with van der Waals surface area (Å²) in [5.41, 5.74) is -0.159. The molecule has 3 aromatic carbocycles. The van der Waals surface area contributed by atoms with Crippen molar-refractivity contribution >= 4 is 44.6 Å². The minimum atomic E-state index is -4.18. The van der Waals surface area contributed by atoms with Crippen LogP contribution in [0.25, 0.3) is 0 Å². The predicted molar refractivity (Wildman–Crippen MR) is 110 cm³/mol. The van der Waals surface area contributed by atoms with Gasteiger partial charge in [0.05, 0.1) is 26.2 Å². The Labute approximate surface area is 175 Å². The van der Waals surface area contributed by atoms with Gasteiger partial charge < -0.3 is 5.32 Å². The van der Waals surface area contributed by atoms with Gasteiger partial charge in [0.2, 0.25) is 0 Å². The number of hydrogen-bond acceptors (Lipinski definition) is 5. The molecule has 0 aliphatic rings. The van der Waals surface area contributed by atoms with Crippen LogP contribution in [0.2, 0.25) is 5.02 Å². The van der Waals surface area contributed by atoms with Crippen LogP contribution in [0.4, 0.5) is 21.5 Å². The van der Waals surface area contributed by atoms with E-state index in [1.807, 2.05) is 0 Å². The number of para-hydroxylation sites is 2. The van der Waals surface area contributed by atoms with E-state index >= 15 is 0 Å². The Morgan fingerprint density at radius 1 is 1.00 bits per heavy atom. The number of non-ortho nitro benzene ring substituents is 1. The van der Waals surface area contributed by atoms with Gasteiger partial charge in [-0.3, -0.25) is 19.6 Å². The van der Waals surface area contributed by atoms with E-state index in [1.54, 1.807) is 6.07 Å². The second-order valence-corrected chi connectivity index (χ2v) is 8.08. The fraction of sp³-hybridized carbons (Fsp3) is 0. The van der Waals surface area contributed by atoms with Gasteiger partial charge in [-0.25, -0.2) is 12.8 Å². The lowest BCUT2D eigenvalue weighted by molar-refractivity contribution is -0.385. The van der Waals surface area contributed by atoms with Gasteiger partial charge in [-0.15, -0.1) is 0 Å². The van der Waals surface area contributed by atoms with Crippen LogP contribution in [0.5, 0.6) is 0 Å². The molecule has 0 aromatic heterocycles. The Hall–Kier alpha value is -3.50. The number of halogens is 2. The fourth-order valence-corrected chi connectivity index (χ4v) is 3.78. The molecule has 0 saturated carbocycles. The van der Waals surface area contributed by atoms with Gasteiger partial charge in [0.25, 0.3) is 21.6 Å². The average molecular weight is 450 g/mol. The largest absolute Gasteiger partial charge is 0.320 e. The molecule has 2 N–H and O–H groups in total. The van der Waals surface area contributed by atoms with Crippen molar-refractivity contribution in [2.45, 2.75) is 4.90 Å². The summed E-state index contributed by atoms with van der Waals surface area (Å²) in [6.07, 6.45) is 0. The highest BCUT2D eigenvalue weighted by Crippen LogP contribution is 2.26. The number of amides is 1. The number of nitrogens with one attached hydrogen (secondary N) is 2. The number of nitro benzene ring substituents is 1. The molecule has 11 heteroatoms. The minimum Gasteiger partial charge on any atom is -0.320 e. The maximum atomic E-state index is 13.3. The number of rotatable bonds is 6. The van der Waals surface area contributed by atoms with Crippen LogP contribution in [0.1, 0.15) is 10.4 Å². The molecule has 0 fully saturated rings. The molecule has 0 spiro atoms. The van der Waals surface area contributed by atoms with E-state index in [1.165, 1.54) is 42.5 Å². The first kappa shape index (κ1) is 21.2. The summed E-state index contributed by atoms with van der Waals surface area (Å²) in [6, 6.07) is 13.9. The smallest absolute Gasteiger partial charge is 0.270 e. The number of anilines is 2. The molecule has 0 heterocycles. The summed E-state index contributed by atoms with van der Waals surface area (Å²) in [4.78, 5) is 22.3. The number of nitro groups is 1. The highest BCUT2D eigenvalue weighted by atomic mass is 35.5. The van der Waals surface area contributed by atoms with Crippen molar-refractivity contribution in [3.63, 3.8) is 0 Å². The number of carbonyl (C=O) groups excluding carboxylic acids is 1. The zero-order valence-electron chi connectivity index (χ0n) is 15.0. The molecule has 0 saturated heterocycles. The third kappa shape index (κ3) is 4.73. The quantitative estimate of drug-likeness (QED) is 0.426. The molecule has 0 unspecified atom stereocenters. The molecule has 0 aliphatic heterocycles. The first-order valence-electron chi connectivity index (χ1n) is 8.30. The number of sulfonamides is 1. The van der Waals surface area contributed by atoms with E-state index in [2.05, 4.69) is 10.0 Å². The second kappa shape index (κ2) is 8.47. The Balaban J connectivity index is 1.88. The van der Waals surface area contributed by atoms with Gasteiger partial charge in [0.1, 0.15) is 5.82 Å². The monoisotopic (exact) mass is 449 g/mol.